The van der Waals surface area contributed by atoms with Crippen LogP contribution in [0.25, 0.3) is 10.2 Å². The fourth-order valence-electron chi connectivity index (χ4n) is 3.88. The number of carbonyl (C=O) groups excluding carboxylic acids is 2. The highest BCUT2D eigenvalue weighted by Crippen LogP contribution is 2.23. The summed E-state index contributed by atoms with van der Waals surface area (Å²) in [5.41, 5.74) is 2.31. The molecule has 1 saturated heterocycles. The Bertz CT molecular complexity index is 961. The predicted octanol–water partition coefficient (Wildman–Crippen LogP) is 4.25. The number of rotatable bonds is 7. The van der Waals surface area contributed by atoms with E-state index in [1.54, 1.807) is 11.3 Å². The highest BCUT2D eigenvalue weighted by Gasteiger charge is 2.23. The van der Waals surface area contributed by atoms with Gasteiger partial charge in [-0.15, -0.1) is 11.3 Å². The smallest absolute Gasteiger partial charge is 0.306 e. The molecule has 2 heterocycles. The van der Waals surface area contributed by atoms with Crippen LogP contribution in [0.1, 0.15) is 29.8 Å². The van der Waals surface area contributed by atoms with E-state index in [1.165, 1.54) is 5.56 Å². The Morgan fingerprint density at radius 2 is 1.77 bits per heavy atom. The third kappa shape index (κ3) is 5.45. The Morgan fingerprint density at radius 3 is 2.53 bits per heavy atom. The quantitative estimate of drug-likeness (QED) is 0.534. The number of ether oxygens (including phenoxy) is 1. The van der Waals surface area contributed by atoms with Crippen molar-refractivity contribution in [2.45, 2.75) is 32.1 Å². The summed E-state index contributed by atoms with van der Waals surface area (Å²) in [6.07, 6.45) is 3.82. The van der Waals surface area contributed by atoms with Gasteiger partial charge in [0.05, 0.1) is 21.6 Å². The lowest BCUT2D eigenvalue weighted by molar-refractivity contribution is -0.152. The number of esters is 1. The van der Waals surface area contributed by atoms with Crippen LogP contribution in [-0.4, -0.2) is 41.5 Å². The van der Waals surface area contributed by atoms with Gasteiger partial charge in [-0.1, -0.05) is 42.5 Å². The average Bonchev–Trinajstić information content (AvgIpc) is 3.20. The van der Waals surface area contributed by atoms with Crippen molar-refractivity contribution in [1.82, 2.24) is 9.88 Å². The molecule has 5 nitrogen and oxygen atoms in total. The molecule has 0 saturated carbocycles. The van der Waals surface area contributed by atoms with Crippen molar-refractivity contribution >= 4 is 33.4 Å². The van der Waals surface area contributed by atoms with E-state index in [4.69, 9.17) is 4.74 Å². The van der Waals surface area contributed by atoms with Crippen LogP contribution in [0, 0.1) is 5.92 Å². The molecule has 1 aromatic heterocycles. The van der Waals surface area contributed by atoms with E-state index in [1.807, 2.05) is 35.2 Å². The Kier molecular flexibility index (Phi) is 6.74. The van der Waals surface area contributed by atoms with E-state index in [-0.39, 0.29) is 24.9 Å². The van der Waals surface area contributed by atoms with E-state index < -0.39 is 0 Å². The maximum absolute atomic E-state index is 12.4. The Morgan fingerprint density at radius 1 is 1.03 bits per heavy atom. The van der Waals surface area contributed by atoms with E-state index in [0.717, 1.165) is 47.6 Å². The first kappa shape index (κ1) is 20.5. The van der Waals surface area contributed by atoms with Crippen LogP contribution in [0.5, 0.6) is 0 Å². The molecule has 0 radical (unpaired) electrons. The van der Waals surface area contributed by atoms with Gasteiger partial charge >= 0.3 is 5.97 Å². The molecule has 0 aliphatic carbocycles. The molecular weight excluding hydrogens is 396 g/mol. The topological polar surface area (TPSA) is 59.5 Å². The average molecular weight is 423 g/mol. The predicted molar refractivity (Wildman–Crippen MR) is 118 cm³/mol. The van der Waals surface area contributed by atoms with Crippen LogP contribution in [0.3, 0.4) is 0 Å². The largest absolute Gasteiger partial charge is 0.456 e. The fourth-order valence-corrected chi connectivity index (χ4v) is 4.84. The second kappa shape index (κ2) is 9.85. The number of piperidine rings is 1. The minimum Gasteiger partial charge on any atom is -0.456 e. The molecule has 6 heteroatoms. The normalized spacial score (nSPS) is 14.7. The monoisotopic (exact) mass is 422 g/mol. The van der Waals surface area contributed by atoms with Gasteiger partial charge in [-0.3, -0.25) is 9.59 Å². The highest BCUT2D eigenvalue weighted by atomic mass is 32.1. The number of hydrogen-bond donors (Lipinski definition) is 0. The summed E-state index contributed by atoms with van der Waals surface area (Å²) in [7, 11) is 0. The third-order valence-corrected chi connectivity index (χ3v) is 6.67. The maximum atomic E-state index is 12.4. The van der Waals surface area contributed by atoms with Crippen molar-refractivity contribution in [1.29, 1.82) is 0 Å². The van der Waals surface area contributed by atoms with Crippen molar-refractivity contribution in [2.75, 3.05) is 19.7 Å². The van der Waals surface area contributed by atoms with Gasteiger partial charge in [0, 0.05) is 19.5 Å². The third-order valence-electron chi connectivity index (χ3n) is 5.57. The molecule has 0 N–H and O–H groups in total. The molecule has 1 fully saturated rings. The van der Waals surface area contributed by atoms with Gasteiger partial charge in [0.25, 0.3) is 5.91 Å². The van der Waals surface area contributed by atoms with E-state index in [2.05, 4.69) is 29.2 Å². The zero-order valence-corrected chi connectivity index (χ0v) is 17.8. The summed E-state index contributed by atoms with van der Waals surface area (Å²) in [6, 6.07) is 18.4. The molecule has 0 unspecified atom stereocenters. The summed E-state index contributed by atoms with van der Waals surface area (Å²) in [5.74, 6) is 0.163. The summed E-state index contributed by atoms with van der Waals surface area (Å²) in [5, 5.41) is 0.917. The molecule has 0 atom stereocenters. The summed E-state index contributed by atoms with van der Waals surface area (Å²) >= 11 is 1.59. The molecule has 1 aliphatic heterocycles. The SMILES string of the molecule is O=C(CCc1nc2ccccc2s1)OCC(=O)N1CCC(Cc2ccccc2)CC1. The van der Waals surface area contributed by atoms with E-state index >= 15 is 0 Å². The Balaban J connectivity index is 1.16. The zero-order chi connectivity index (χ0) is 20.8. The van der Waals surface area contributed by atoms with E-state index in [9.17, 15) is 9.59 Å². The number of likely N-dealkylation sites (tertiary alicyclic amines) is 1. The Labute approximate surface area is 180 Å². The summed E-state index contributed by atoms with van der Waals surface area (Å²) in [6.45, 7) is 1.31. The first-order valence-corrected chi connectivity index (χ1v) is 11.3. The lowest BCUT2D eigenvalue weighted by atomic mass is 9.90. The molecule has 2 aromatic carbocycles. The minimum atomic E-state index is -0.346. The number of fused-ring (bicyclic) bond motifs is 1. The number of aryl methyl sites for hydroxylation is 1. The molecule has 4 rings (SSSR count). The summed E-state index contributed by atoms with van der Waals surface area (Å²) < 4.78 is 6.34. The highest BCUT2D eigenvalue weighted by molar-refractivity contribution is 7.18. The number of aromatic nitrogens is 1. The van der Waals surface area contributed by atoms with Crippen LogP contribution in [-0.2, 0) is 27.2 Å². The molecular formula is C24H26N2O3S. The fraction of sp³-hybridized carbons (Fsp3) is 0.375. The van der Waals surface area contributed by atoms with Crippen LogP contribution in [0.4, 0.5) is 0 Å². The molecule has 1 aliphatic rings. The second-order valence-electron chi connectivity index (χ2n) is 7.75. The maximum Gasteiger partial charge on any atom is 0.306 e. The number of benzene rings is 2. The van der Waals surface area contributed by atoms with E-state index in [0.29, 0.717) is 12.3 Å². The molecule has 30 heavy (non-hydrogen) atoms. The first-order valence-electron chi connectivity index (χ1n) is 10.5. The minimum absolute atomic E-state index is 0.0958. The van der Waals surface area contributed by atoms with Gasteiger partial charge in [-0.05, 0) is 42.9 Å². The molecule has 3 aromatic rings. The first-order chi connectivity index (χ1) is 14.7. The van der Waals surface area contributed by atoms with Crippen LogP contribution < -0.4 is 0 Å². The number of carbonyl (C=O) groups is 2. The molecule has 156 valence electrons. The van der Waals surface area contributed by atoms with Gasteiger partial charge in [0.1, 0.15) is 0 Å². The molecule has 0 spiro atoms. The molecule has 0 bridgehead atoms. The standard InChI is InChI=1S/C24H26N2O3S/c27-23(26-14-12-19(13-15-26)16-18-6-2-1-3-7-18)17-29-24(28)11-10-22-25-20-8-4-5-9-21(20)30-22/h1-9,19H,10-17H2. The van der Waals surface area contributed by atoms with Gasteiger partial charge in [0.2, 0.25) is 0 Å². The van der Waals surface area contributed by atoms with Crippen molar-refractivity contribution in [2.24, 2.45) is 5.92 Å². The van der Waals surface area contributed by atoms with Crippen molar-refractivity contribution in [3.05, 3.63) is 65.2 Å². The second-order valence-corrected chi connectivity index (χ2v) is 8.87. The number of nitrogens with zero attached hydrogens (tertiary/aromatic N) is 2. The number of amides is 1. The Hall–Kier alpha value is -2.73. The van der Waals surface area contributed by atoms with Crippen molar-refractivity contribution < 1.29 is 14.3 Å². The summed E-state index contributed by atoms with van der Waals surface area (Å²) in [4.78, 5) is 30.8. The van der Waals surface area contributed by atoms with Crippen molar-refractivity contribution in [3.8, 4) is 0 Å². The van der Waals surface area contributed by atoms with Crippen LogP contribution >= 0.6 is 11.3 Å². The van der Waals surface area contributed by atoms with Crippen molar-refractivity contribution in [3.63, 3.8) is 0 Å². The van der Waals surface area contributed by atoms with Gasteiger partial charge in [-0.2, -0.15) is 0 Å². The van der Waals surface area contributed by atoms with Crippen LogP contribution in [0.15, 0.2) is 54.6 Å². The zero-order valence-electron chi connectivity index (χ0n) is 17.0. The van der Waals surface area contributed by atoms with Gasteiger partial charge < -0.3 is 9.64 Å². The molecule has 1 amide bonds. The number of thiazole rings is 1. The lowest BCUT2D eigenvalue weighted by Gasteiger charge is -2.32. The number of hydrogen-bond acceptors (Lipinski definition) is 5. The number of para-hydroxylation sites is 1. The lowest BCUT2D eigenvalue weighted by Crippen LogP contribution is -2.41. The van der Waals surface area contributed by atoms with Crippen LogP contribution in [0.2, 0.25) is 0 Å². The van der Waals surface area contributed by atoms with Gasteiger partial charge in [-0.25, -0.2) is 4.98 Å². The van der Waals surface area contributed by atoms with Gasteiger partial charge in [0.15, 0.2) is 6.61 Å².